The molecule has 2 aliphatic rings. The molecule has 17 nitrogen and oxygen atoms in total. The average Bonchev–Trinajstić information content (AvgIpc) is 4.10. The van der Waals surface area contributed by atoms with Crippen molar-refractivity contribution in [2.24, 2.45) is 0 Å². The van der Waals surface area contributed by atoms with Crippen LogP contribution in [0.3, 0.4) is 0 Å². The topological polar surface area (TPSA) is 205 Å². The van der Waals surface area contributed by atoms with Crippen molar-refractivity contribution in [2.45, 2.75) is 76.0 Å². The maximum atomic E-state index is 13.7. The molecule has 0 spiro atoms. The number of nitrogens with one attached hydrogen (secondary N) is 5. The van der Waals surface area contributed by atoms with E-state index in [1.165, 1.54) is 28.4 Å². The largest absolute Gasteiger partial charge is 0.453 e. The molecule has 3 aromatic carbocycles. The van der Waals surface area contributed by atoms with Crippen molar-refractivity contribution >= 4 is 58.3 Å². The van der Waals surface area contributed by atoms with Gasteiger partial charge in [-0.05, 0) is 85.7 Å². The van der Waals surface area contributed by atoms with Crippen molar-refractivity contribution in [1.29, 1.82) is 0 Å². The Labute approximate surface area is 353 Å². The minimum absolute atomic E-state index is 0. The minimum Gasteiger partial charge on any atom is -0.453 e. The van der Waals surface area contributed by atoms with E-state index < -0.39 is 36.6 Å². The van der Waals surface area contributed by atoms with E-state index in [9.17, 15) is 19.2 Å². The minimum atomic E-state index is -0.904. The van der Waals surface area contributed by atoms with Gasteiger partial charge in [-0.15, -0.1) is 12.4 Å². The summed E-state index contributed by atoms with van der Waals surface area (Å²) in [6.45, 7) is 4.55. The fraction of sp³-hybridized carbons (Fsp3) is 0.429. The molecule has 2 aromatic heterocycles. The molecule has 18 heteroatoms. The lowest BCUT2D eigenvalue weighted by molar-refractivity contribution is -0.137. The first-order valence-electron chi connectivity index (χ1n) is 19.7. The Kier molecular flexibility index (Phi) is 13.8. The molecule has 0 unspecified atom stereocenters. The van der Waals surface area contributed by atoms with Gasteiger partial charge in [-0.2, -0.15) is 0 Å². The van der Waals surface area contributed by atoms with Gasteiger partial charge < -0.3 is 49.3 Å². The number of H-pyrrole nitrogens is 2. The van der Waals surface area contributed by atoms with Gasteiger partial charge in [-0.25, -0.2) is 24.4 Å². The number of aromatic nitrogens is 4. The van der Waals surface area contributed by atoms with Crippen molar-refractivity contribution in [1.82, 2.24) is 45.7 Å². The van der Waals surface area contributed by atoms with E-state index in [2.05, 4.69) is 68.4 Å². The number of likely N-dealkylation sites (tertiary alicyclic amines) is 2. The highest BCUT2D eigenvalue weighted by Crippen LogP contribution is 2.35. The van der Waals surface area contributed by atoms with Gasteiger partial charge >= 0.3 is 18.2 Å². The molecule has 4 heterocycles. The molecule has 0 bridgehead atoms. The Hall–Kier alpha value is -5.91. The summed E-state index contributed by atoms with van der Waals surface area (Å²) in [4.78, 5) is 71.1. The van der Waals surface area contributed by atoms with Crippen LogP contribution < -0.4 is 16.0 Å². The van der Waals surface area contributed by atoms with Crippen LogP contribution in [0.5, 0.6) is 0 Å². The molecule has 2 aliphatic heterocycles. The highest BCUT2D eigenvalue weighted by Gasteiger charge is 2.39. The second-order valence-corrected chi connectivity index (χ2v) is 14.9. The van der Waals surface area contributed by atoms with Crippen LogP contribution in [0.1, 0.15) is 63.3 Å². The quantitative estimate of drug-likeness (QED) is 0.0902. The van der Waals surface area contributed by atoms with Gasteiger partial charge in [0.1, 0.15) is 23.9 Å². The van der Waals surface area contributed by atoms with Crippen LogP contribution in [0.4, 0.5) is 14.4 Å². The number of hydrogen-bond acceptors (Lipinski definition) is 10. The van der Waals surface area contributed by atoms with Gasteiger partial charge in [0, 0.05) is 32.9 Å². The van der Waals surface area contributed by atoms with Gasteiger partial charge in [-0.1, -0.05) is 30.3 Å². The number of halogens is 1. The Morgan fingerprint density at radius 1 is 0.717 bits per heavy atom. The number of nitrogens with zero attached hydrogens (tertiary/aromatic N) is 4. The molecule has 7 rings (SSSR count). The predicted octanol–water partition coefficient (Wildman–Crippen LogP) is 6.18. The van der Waals surface area contributed by atoms with Crippen molar-refractivity contribution in [3.05, 3.63) is 72.4 Å². The Morgan fingerprint density at radius 3 is 2.00 bits per heavy atom. The summed E-state index contributed by atoms with van der Waals surface area (Å²) >= 11 is 0. The summed E-state index contributed by atoms with van der Waals surface area (Å²) in [5.74, 6) is 1.13. The van der Waals surface area contributed by atoms with E-state index in [1.54, 1.807) is 29.8 Å². The van der Waals surface area contributed by atoms with Crippen molar-refractivity contribution in [3.8, 4) is 22.4 Å². The number of amides is 5. The van der Waals surface area contributed by atoms with Crippen LogP contribution in [0.25, 0.3) is 44.2 Å². The number of benzene rings is 3. The van der Waals surface area contributed by atoms with Gasteiger partial charge in [-0.3, -0.25) is 10.1 Å². The summed E-state index contributed by atoms with van der Waals surface area (Å²) in [7, 11) is 5.52. The smallest absolute Gasteiger partial charge is 0.408 e. The third-order valence-electron chi connectivity index (χ3n) is 11.4. The van der Waals surface area contributed by atoms with Crippen molar-refractivity contribution in [3.63, 3.8) is 0 Å². The van der Waals surface area contributed by atoms with Crippen molar-refractivity contribution in [2.75, 3.05) is 41.5 Å². The summed E-state index contributed by atoms with van der Waals surface area (Å²) < 4.78 is 20.3. The first kappa shape index (κ1) is 43.7. The average molecular weight is 846 g/mol. The first-order chi connectivity index (χ1) is 28.5. The number of hydrogen-bond donors (Lipinski definition) is 5. The fourth-order valence-corrected chi connectivity index (χ4v) is 7.91. The van der Waals surface area contributed by atoms with Crippen LogP contribution in [0.2, 0.25) is 0 Å². The van der Waals surface area contributed by atoms with Crippen molar-refractivity contribution < 1.29 is 38.1 Å². The van der Waals surface area contributed by atoms with E-state index in [0.29, 0.717) is 24.7 Å². The van der Waals surface area contributed by atoms with Gasteiger partial charge in [0.2, 0.25) is 5.91 Å². The summed E-state index contributed by atoms with van der Waals surface area (Å²) in [6.07, 6.45) is 1.66. The van der Waals surface area contributed by atoms with E-state index in [0.717, 1.165) is 69.9 Å². The standard InChI is InChI=1S/C42H51N9O8.ClH/c1-23(56-3)35(47-41(54)58-5)39(52)50-17-7-9-33(50)37-43-22-32(46-37)29-14-13-25-19-26(11-12-27(25)20-29)28-15-16-30-31(21-28)45-38(44-30)34-10-8-18-51(34)40(53)48-36(24(2)57-4)49-42(55)59-6;/h11-16,19-24,33-36H,7-10,17-18H2,1-6H3,(H,43,46)(H,44,45)(H,47,54)(H,48,53)(H,49,55);1H/t23-,24-,33+,34+,35+,36+;/m1./s1. The summed E-state index contributed by atoms with van der Waals surface area (Å²) in [5.41, 5.74) is 5.51. The lowest BCUT2D eigenvalue weighted by Crippen LogP contribution is -2.57. The molecule has 5 amide bonds. The molecule has 0 aliphatic carbocycles. The SMILES string of the molecule is COC(=O)N[C@H](NC(=O)N1CCC[C@H]1c1nc2ccc(-c3ccc4cc(-c5cnc([C@@H]6CCCN6C(=O)[C@@H](NC(=O)OC)[C@@H](C)OC)[nH]5)ccc4c3)cc2[nH]1)[C@@H](C)OC.Cl. The highest BCUT2D eigenvalue weighted by atomic mass is 35.5. The van der Waals surface area contributed by atoms with Crippen LogP contribution in [-0.2, 0) is 23.7 Å². The van der Waals surface area contributed by atoms with Crippen LogP contribution in [0, 0.1) is 0 Å². The zero-order chi connectivity index (χ0) is 41.8. The van der Waals surface area contributed by atoms with E-state index in [1.807, 2.05) is 12.1 Å². The fourth-order valence-electron chi connectivity index (χ4n) is 7.91. The van der Waals surface area contributed by atoms with Crippen LogP contribution in [-0.4, -0.2) is 120 Å². The molecule has 6 atom stereocenters. The molecule has 2 saturated heterocycles. The van der Waals surface area contributed by atoms with Crippen LogP contribution in [0.15, 0.2) is 60.8 Å². The number of aromatic amines is 2. The van der Waals surface area contributed by atoms with Gasteiger partial charge in [0.25, 0.3) is 0 Å². The zero-order valence-electron chi connectivity index (χ0n) is 34.4. The number of carbonyl (C=O) groups excluding carboxylic acids is 4. The lowest BCUT2D eigenvalue weighted by Gasteiger charge is -2.30. The lowest BCUT2D eigenvalue weighted by atomic mass is 9.99. The molecule has 0 radical (unpaired) electrons. The van der Waals surface area contributed by atoms with Gasteiger partial charge in [0.05, 0.1) is 61.4 Å². The number of alkyl carbamates (subject to hydrolysis) is 2. The number of urea groups is 1. The molecule has 0 saturated carbocycles. The van der Waals surface area contributed by atoms with E-state index in [-0.39, 0.29) is 36.4 Å². The van der Waals surface area contributed by atoms with E-state index in [4.69, 9.17) is 28.9 Å². The maximum absolute atomic E-state index is 13.7. The maximum Gasteiger partial charge on any atom is 0.408 e. The Balaban J connectivity index is 0.00000604. The number of carbonyl (C=O) groups is 4. The number of rotatable bonds is 12. The third-order valence-corrected chi connectivity index (χ3v) is 11.4. The third kappa shape index (κ3) is 9.12. The number of methoxy groups -OCH3 is 4. The number of fused-ring (bicyclic) bond motifs is 2. The summed E-state index contributed by atoms with van der Waals surface area (Å²) in [5, 5.41) is 10.2. The van der Waals surface area contributed by atoms with E-state index >= 15 is 0 Å². The Bertz CT molecular complexity index is 2330. The molecule has 2 fully saturated rings. The Morgan fingerprint density at radius 2 is 1.32 bits per heavy atom. The monoisotopic (exact) mass is 845 g/mol. The first-order valence-corrected chi connectivity index (χ1v) is 19.7. The molecule has 320 valence electrons. The zero-order valence-corrected chi connectivity index (χ0v) is 35.3. The molecule has 5 N–H and O–H groups in total. The second-order valence-electron chi connectivity index (χ2n) is 14.9. The molecular weight excluding hydrogens is 794 g/mol. The number of imidazole rings is 2. The number of ether oxygens (including phenoxy) is 4. The summed E-state index contributed by atoms with van der Waals surface area (Å²) in [6, 6.07) is 16.9. The van der Waals surface area contributed by atoms with Gasteiger partial charge in [0.15, 0.2) is 0 Å². The normalized spacial score (nSPS) is 18.4. The second kappa shape index (κ2) is 19.0. The van der Waals surface area contributed by atoms with Crippen LogP contribution >= 0.6 is 12.4 Å². The molecule has 60 heavy (non-hydrogen) atoms. The molecule has 5 aromatic rings. The predicted molar refractivity (Wildman–Crippen MR) is 226 cm³/mol. The highest BCUT2D eigenvalue weighted by molar-refractivity contribution is 5.92. The molecular formula is C42H52ClN9O8.